The number of hydrogen-bond acceptors (Lipinski definition) is 15. The van der Waals surface area contributed by atoms with Crippen molar-refractivity contribution in [2.75, 3.05) is 39.6 Å². The summed E-state index contributed by atoms with van der Waals surface area (Å²) in [6.45, 7) is 9.48. The van der Waals surface area contributed by atoms with Crippen LogP contribution in [-0.4, -0.2) is 96.7 Å². The fraction of sp³-hybridized carbons (Fsp3) is 0.938. The Morgan fingerprint density at radius 2 is 0.607 bits per heavy atom. The highest BCUT2D eigenvalue weighted by Gasteiger charge is 2.30. The van der Waals surface area contributed by atoms with E-state index in [1.807, 2.05) is 0 Å². The number of rotatable bonds is 64. The van der Waals surface area contributed by atoms with Crippen LogP contribution >= 0.6 is 15.6 Å². The molecule has 0 fully saturated rings. The predicted octanol–water partition coefficient (Wildman–Crippen LogP) is 18.0. The SMILES string of the molecule is CCCCCCCCCCCC(=O)OC[C@H](COP(=O)(O)OC[C@H](O)COP(=O)(O)OC[C@@H](COC(=O)CCCCCCCCCCCC(C)C)OC(=O)CCCCCCCCCCCCC(C)CC)OC(=O)CCCCCCCCCCC. The van der Waals surface area contributed by atoms with Crippen molar-refractivity contribution < 1.29 is 80.2 Å². The zero-order valence-corrected chi connectivity index (χ0v) is 56.0. The van der Waals surface area contributed by atoms with Crippen LogP contribution in [0.15, 0.2) is 0 Å². The van der Waals surface area contributed by atoms with Crippen molar-refractivity contribution in [1.29, 1.82) is 0 Å². The molecule has 17 nitrogen and oxygen atoms in total. The fourth-order valence-corrected chi connectivity index (χ4v) is 11.3. The molecule has 3 N–H and O–H groups in total. The van der Waals surface area contributed by atoms with Gasteiger partial charge in [-0.25, -0.2) is 9.13 Å². The van der Waals surface area contributed by atoms with Crippen molar-refractivity contribution in [3.63, 3.8) is 0 Å². The Hall–Kier alpha value is -1.94. The van der Waals surface area contributed by atoms with Gasteiger partial charge in [-0.1, -0.05) is 273 Å². The molecular weight excluding hydrogens is 1110 g/mol. The van der Waals surface area contributed by atoms with E-state index in [2.05, 4.69) is 41.5 Å². The lowest BCUT2D eigenvalue weighted by Gasteiger charge is -2.21. The van der Waals surface area contributed by atoms with Gasteiger partial charge in [-0.05, 0) is 37.5 Å². The largest absolute Gasteiger partial charge is 0.472 e. The van der Waals surface area contributed by atoms with E-state index in [-0.39, 0.29) is 25.7 Å². The van der Waals surface area contributed by atoms with Crippen LogP contribution in [-0.2, 0) is 65.4 Å². The maximum absolute atomic E-state index is 13.0. The average molecular weight is 1240 g/mol. The second kappa shape index (κ2) is 57.5. The standard InChI is InChI=1S/C65H126O17P2/c1-7-10-12-14-16-21-29-35-41-47-62(67)75-53-60(81-64(69)49-43-37-31-22-17-15-13-11-8-2)55-79-83(71,72)77-51-59(66)52-78-84(73,74)80-56-61(54-76-63(68)48-42-36-30-26-20-23-27-33-39-45-57(4)5)82-65(70)50-44-38-32-25-19-18-24-28-34-40-46-58(6)9-3/h57-61,66H,7-56H2,1-6H3,(H,71,72)(H,73,74)/t58?,59-,60+,61+/m0/s1. The Morgan fingerprint density at radius 1 is 0.345 bits per heavy atom. The predicted molar refractivity (Wildman–Crippen MR) is 335 cm³/mol. The van der Waals surface area contributed by atoms with Gasteiger partial charge in [0.25, 0.3) is 0 Å². The third-order valence-electron chi connectivity index (χ3n) is 15.3. The molecule has 0 aliphatic carbocycles. The van der Waals surface area contributed by atoms with Crippen molar-refractivity contribution >= 4 is 39.5 Å². The minimum absolute atomic E-state index is 0.105. The number of esters is 4. The normalized spacial score (nSPS) is 14.6. The van der Waals surface area contributed by atoms with Gasteiger partial charge < -0.3 is 33.8 Å². The molecule has 0 saturated heterocycles. The lowest BCUT2D eigenvalue weighted by molar-refractivity contribution is -0.161. The number of aliphatic hydroxyl groups is 1. The van der Waals surface area contributed by atoms with Gasteiger partial charge in [-0.2, -0.15) is 0 Å². The molecule has 84 heavy (non-hydrogen) atoms. The van der Waals surface area contributed by atoms with Gasteiger partial charge in [0, 0.05) is 25.7 Å². The van der Waals surface area contributed by atoms with Gasteiger partial charge in [0.05, 0.1) is 26.4 Å². The van der Waals surface area contributed by atoms with Gasteiger partial charge in [0.15, 0.2) is 12.2 Å². The zero-order chi connectivity index (χ0) is 62.2. The van der Waals surface area contributed by atoms with E-state index >= 15 is 0 Å². The van der Waals surface area contributed by atoms with Crippen molar-refractivity contribution in [3.05, 3.63) is 0 Å². The van der Waals surface area contributed by atoms with E-state index < -0.39 is 97.5 Å². The highest BCUT2D eigenvalue weighted by molar-refractivity contribution is 7.47. The number of aliphatic hydroxyl groups excluding tert-OH is 1. The van der Waals surface area contributed by atoms with E-state index in [1.54, 1.807) is 0 Å². The lowest BCUT2D eigenvalue weighted by atomic mass is 9.99. The molecule has 0 aromatic rings. The molecule has 0 aromatic carbocycles. The van der Waals surface area contributed by atoms with E-state index in [4.69, 9.17) is 37.0 Å². The van der Waals surface area contributed by atoms with Gasteiger partial charge in [-0.3, -0.25) is 37.3 Å². The van der Waals surface area contributed by atoms with E-state index in [0.717, 1.165) is 102 Å². The van der Waals surface area contributed by atoms with Crippen LogP contribution in [0.1, 0.15) is 324 Å². The summed E-state index contributed by atoms with van der Waals surface area (Å²) in [6.07, 6.45) is 40.2. The first-order chi connectivity index (χ1) is 40.4. The summed E-state index contributed by atoms with van der Waals surface area (Å²) in [6, 6.07) is 0. The Kier molecular flexibility index (Phi) is 56.2. The fourth-order valence-electron chi connectivity index (χ4n) is 9.68. The van der Waals surface area contributed by atoms with Crippen LogP contribution in [0.2, 0.25) is 0 Å². The second-order valence-electron chi connectivity index (χ2n) is 24.2. The molecule has 19 heteroatoms. The Morgan fingerprint density at radius 3 is 0.905 bits per heavy atom. The molecule has 6 atom stereocenters. The van der Waals surface area contributed by atoms with Crippen molar-refractivity contribution in [2.45, 2.75) is 342 Å². The number of phosphoric ester groups is 2. The maximum atomic E-state index is 13.0. The van der Waals surface area contributed by atoms with Gasteiger partial charge in [-0.15, -0.1) is 0 Å². The lowest BCUT2D eigenvalue weighted by Crippen LogP contribution is -2.30. The summed E-state index contributed by atoms with van der Waals surface area (Å²) in [5.41, 5.74) is 0. The molecule has 3 unspecified atom stereocenters. The highest BCUT2D eigenvalue weighted by Crippen LogP contribution is 2.45. The molecule has 0 amide bonds. The minimum Gasteiger partial charge on any atom is -0.462 e. The van der Waals surface area contributed by atoms with E-state index in [0.29, 0.717) is 25.7 Å². The summed E-state index contributed by atoms with van der Waals surface area (Å²) in [4.78, 5) is 72.2. The van der Waals surface area contributed by atoms with Gasteiger partial charge in [0.1, 0.15) is 19.3 Å². The first kappa shape index (κ1) is 82.1. The minimum atomic E-state index is -4.95. The summed E-state index contributed by atoms with van der Waals surface area (Å²) in [5.74, 6) is -0.587. The van der Waals surface area contributed by atoms with Gasteiger partial charge >= 0.3 is 39.5 Å². The summed E-state index contributed by atoms with van der Waals surface area (Å²) >= 11 is 0. The van der Waals surface area contributed by atoms with Crippen LogP contribution in [0.4, 0.5) is 0 Å². The van der Waals surface area contributed by atoms with Crippen LogP contribution in [0.3, 0.4) is 0 Å². The molecule has 0 aliphatic rings. The molecule has 498 valence electrons. The van der Waals surface area contributed by atoms with Crippen LogP contribution in [0.5, 0.6) is 0 Å². The third kappa shape index (κ3) is 57.8. The monoisotopic (exact) mass is 1240 g/mol. The summed E-state index contributed by atoms with van der Waals surface area (Å²) in [7, 11) is -9.89. The number of carbonyl (C=O) groups excluding carboxylic acids is 4. The van der Waals surface area contributed by atoms with Crippen LogP contribution in [0, 0.1) is 11.8 Å². The summed E-state index contributed by atoms with van der Waals surface area (Å²) in [5, 5.41) is 10.5. The van der Waals surface area contributed by atoms with Crippen molar-refractivity contribution in [2.24, 2.45) is 11.8 Å². The zero-order valence-electron chi connectivity index (χ0n) is 54.2. The molecule has 0 radical (unpaired) electrons. The molecular formula is C65H126O17P2. The number of phosphoric acid groups is 2. The molecule has 0 heterocycles. The summed E-state index contributed by atoms with van der Waals surface area (Å²) < 4.78 is 68.0. The first-order valence-electron chi connectivity index (χ1n) is 34.0. The van der Waals surface area contributed by atoms with E-state index in [1.165, 1.54) is 141 Å². The molecule has 0 aromatic heterocycles. The Labute approximate surface area is 511 Å². The topological polar surface area (TPSA) is 237 Å². The molecule has 0 spiro atoms. The molecule has 0 rings (SSSR count). The quantitative estimate of drug-likeness (QED) is 0.0222. The van der Waals surface area contributed by atoms with Crippen LogP contribution in [0.25, 0.3) is 0 Å². The Bertz CT molecular complexity index is 1650. The Balaban J connectivity index is 5.23. The smallest absolute Gasteiger partial charge is 0.462 e. The number of carbonyl (C=O) groups is 4. The number of hydrogen-bond donors (Lipinski definition) is 3. The highest BCUT2D eigenvalue weighted by atomic mass is 31.2. The third-order valence-corrected chi connectivity index (χ3v) is 17.2. The van der Waals surface area contributed by atoms with Gasteiger partial charge in [0.2, 0.25) is 0 Å². The molecule has 0 bridgehead atoms. The average Bonchev–Trinajstić information content (AvgIpc) is 3.58. The maximum Gasteiger partial charge on any atom is 0.472 e. The van der Waals surface area contributed by atoms with Crippen molar-refractivity contribution in [1.82, 2.24) is 0 Å². The molecule has 0 saturated carbocycles. The molecule has 0 aliphatic heterocycles. The number of ether oxygens (including phenoxy) is 4. The van der Waals surface area contributed by atoms with Crippen molar-refractivity contribution in [3.8, 4) is 0 Å². The van der Waals surface area contributed by atoms with E-state index in [9.17, 15) is 43.2 Å². The second-order valence-corrected chi connectivity index (χ2v) is 27.1. The van der Waals surface area contributed by atoms with Crippen LogP contribution < -0.4 is 0 Å². The first-order valence-corrected chi connectivity index (χ1v) is 37.0. The number of unbranched alkanes of at least 4 members (excludes halogenated alkanes) is 33.